The van der Waals surface area contributed by atoms with Crippen molar-refractivity contribution in [3.8, 4) is 0 Å². The van der Waals surface area contributed by atoms with Crippen LogP contribution >= 0.6 is 34.5 Å². The van der Waals surface area contributed by atoms with Crippen LogP contribution in [-0.4, -0.2) is 46.5 Å². The minimum absolute atomic E-state index is 0.420. The van der Waals surface area contributed by atoms with Crippen LogP contribution in [0.25, 0.3) is 0 Å². The van der Waals surface area contributed by atoms with E-state index in [1.54, 1.807) is 4.90 Å². The Bertz CT molecular complexity index is 921. The van der Waals surface area contributed by atoms with E-state index in [0.717, 1.165) is 11.4 Å². The van der Waals surface area contributed by atoms with Crippen LogP contribution in [0, 0.1) is 0 Å². The molecule has 11 heteroatoms. The number of carbonyl (C=O) groups is 1. The fourth-order valence-electron chi connectivity index (χ4n) is 2.93. The molecule has 0 atom stereocenters. The molecule has 2 aromatic rings. The predicted molar refractivity (Wildman–Crippen MR) is 102 cm³/mol. The number of carbonyl (C=O) groups excluding carboxylic acids is 1. The van der Waals surface area contributed by atoms with Crippen molar-refractivity contribution < 1.29 is 18.0 Å². The molecule has 1 amide bonds. The van der Waals surface area contributed by atoms with E-state index in [0.29, 0.717) is 47.3 Å². The van der Waals surface area contributed by atoms with Crippen molar-refractivity contribution in [1.29, 1.82) is 0 Å². The summed E-state index contributed by atoms with van der Waals surface area (Å²) >= 11 is 13.0. The van der Waals surface area contributed by atoms with Gasteiger partial charge in [-0.25, -0.2) is 0 Å². The zero-order valence-corrected chi connectivity index (χ0v) is 16.8. The molecular weight excluding hydrogens is 438 g/mol. The van der Waals surface area contributed by atoms with Gasteiger partial charge in [-0.2, -0.15) is 13.2 Å². The smallest absolute Gasteiger partial charge is 0.339 e. The molecule has 3 heterocycles. The zero-order chi connectivity index (χ0) is 20.5. The first-order valence-corrected chi connectivity index (χ1v) is 9.92. The molecule has 0 spiro atoms. The number of hydrogen-bond acceptors (Lipinski definition) is 4. The van der Waals surface area contributed by atoms with Crippen LogP contribution in [0.15, 0.2) is 29.2 Å². The van der Waals surface area contributed by atoms with Crippen LogP contribution in [0.3, 0.4) is 0 Å². The Morgan fingerprint density at radius 3 is 2.39 bits per heavy atom. The molecule has 152 valence electrons. The van der Waals surface area contributed by atoms with E-state index in [9.17, 15) is 22.8 Å². The minimum Gasteiger partial charge on any atom is -0.339 e. The maximum absolute atomic E-state index is 12.9. The SMILES string of the molecule is O=C(Cn1cc(C(F)(F)F)cc(Cl)c1=O)N1CCN(Cc2ccc(Cl)s2)CC1. The molecule has 0 radical (unpaired) electrons. The molecule has 1 saturated heterocycles. The molecule has 0 bridgehead atoms. The summed E-state index contributed by atoms with van der Waals surface area (Å²) in [5.74, 6) is -0.420. The summed E-state index contributed by atoms with van der Waals surface area (Å²) in [4.78, 5) is 29.3. The highest BCUT2D eigenvalue weighted by Gasteiger charge is 2.32. The normalized spacial score (nSPS) is 15.8. The Balaban J connectivity index is 1.62. The molecule has 0 saturated carbocycles. The average Bonchev–Trinajstić information content (AvgIpc) is 3.03. The third-order valence-electron chi connectivity index (χ3n) is 4.41. The lowest BCUT2D eigenvalue weighted by atomic mass is 10.2. The number of alkyl halides is 3. The maximum Gasteiger partial charge on any atom is 0.417 e. The molecular formula is C17H16Cl2F3N3O2S. The van der Waals surface area contributed by atoms with Crippen molar-refractivity contribution in [3.63, 3.8) is 0 Å². The van der Waals surface area contributed by atoms with Gasteiger partial charge in [0.05, 0.1) is 9.90 Å². The summed E-state index contributed by atoms with van der Waals surface area (Å²) in [5.41, 5.74) is -1.89. The van der Waals surface area contributed by atoms with Crippen molar-refractivity contribution in [3.05, 3.63) is 54.5 Å². The van der Waals surface area contributed by atoms with Gasteiger partial charge < -0.3 is 9.47 Å². The lowest BCUT2D eigenvalue weighted by molar-refractivity contribution is -0.139. The Morgan fingerprint density at radius 2 is 1.82 bits per heavy atom. The Labute approximate surface area is 172 Å². The van der Waals surface area contributed by atoms with E-state index in [1.165, 1.54) is 11.3 Å². The molecule has 0 unspecified atom stereocenters. The Hall–Kier alpha value is -1.55. The van der Waals surface area contributed by atoms with Crippen molar-refractivity contribution in [2.45, 2.75) is 19.3 Å². The van der Waals surface area contributed by atoms with Crippen molar-refractivity contribution in [1.82, 2.24) is 14.4 Å². The van der Waals surface area contributed by atoms with Crippen LogP contribution in [0.5, 0.6) is 0 Å². The van der Waals surface area contributed by atoms with E-state index in [2.05, 4.69) is 4.90 Å². The molecule has 0 aromatic carbocycles. The number of nitrogens with zero attached hydrogens (tertiary/aromatic N) is 3. The average molecular weight is 454 g/mol. The monoisotopic (exact) mass is 453 g/mol. The number of halogens is 5. The van der Waals surface area contributed by atoms with Crippen LogP contribution in [0.4, 0.5) is 13.2 Å². The van der Waals surface area contributed by atoms with Gasteiger partial charge in [0.25, 0.3) is 5.56 Å². The van der Waals surface area contributed by atoms with Gasteiger partial charge >= 0.3 is 6.18 Å². The lowest BCUT2D eigenvalue weighted by Gasteiger charge is -2.34. The third kappa shape index (κ3) is 5.08. The molecule has 1 fully saturated rings. The topological polar surface area (TPSA) is 45.6 Å². The van der Waals surface area contributed by atoms with Gasteiger partial charge in [0.2, 0.25) is 5.91 Å². The van der Waals surface area contributed by atoms with Gasteiger partial charge in [-0.1, -0.05) is 23.2 Å². The number of hydrogen-bond donors (Lipinski definition) is 0. The summed E-state index contributed by atoms with van der Waals surface area (Å²) in [6.45, 7) is 2.35. The summed E-state index contributed by atoms with van der Waals surface area (Å²) in [5, 5.41) is -0.568. The zero-order valence-electron chi connectivity index (χ0n) is 14.5. The Kier molecular flexibility index (Phi) is 6.38. The second-order valence-corrected chi connectivity index (χ2v) is 8.58. The van der Waals surface area contributed by atoms with Crippen LogP contribution < -0.4 is 5.56 Å². The number of piperazine rings is 1. The molecule has 2 aromatic heterocycles. The number of pyridine rings is 1. The Morgan fingerprint density at radius 1 is 1.14 bits per heavy atom. The summed E-state index contributed by atoms with van der Waals surface area (Å²) in [6, 6.07) is 4.36. The van der Waals surface area contributed by atoms with Gasteiger partial charge in [0.1, 0.15) is 11.6 Å². The molecule has 5 nitrogen and oxygen atoms in total. The number of amides is 1. The van der Waals surface area contributed by atoms with Gasteiger partial charge in [0.15, 0.2) is 0 Å². The second-order valence-electron chi connectivity index (χ2n) is 6.37. The van der Waals surface area contributed by atoms with E-state index >= 15 is 0 Å². The van der Waals surface area contributed by atoms with Crippen molar-refractivity contribution in [2.75, 3.05) is 26.2 Å². The van der Waals surface area contributed by atoms with Crippen LogP contribution in [0.2, 0.25) is 9.36 Å². The second kappa shape index (κ2) is 8.44. The fourth-order valence-corrected chi connectivity index (χ4v) is 4.29. The molecule has 0 N–H and O–H groups in total. The molecule has 1 aliphatic rings. The van der Waals surface area contributed by atoms with Gasteiger partial charge in [0, 0.05) is 43.8 Å². The first-order valence-electron chi connectivity index (χ1n) is 8.35. The van der Waals surface area contributed by atoms with E-state index in [4.69, 9.17) is 23.2 Å². The summed E-state index contributed by atoms with van der Waals surface area (Å²) in [7, 11) is 0. The lowest BCUT2D eigenvalue weighted by Crippen LogP contribution is -2.49. The molecule has 1 aliphatic heterocycles. The van der Waals surface area contributed by atoms with Gasteiger partial charge in [-0.05, 0) is 18.2 Å². The predicted octanol–water partition coefficient (Wildman–Crippen LogP) is 3.58. The number of aromatic nitrogens is 1. The first kappa shape index (κ1) is 21.2. The minimum atomic E-state index is -4.65. The van der Waals surface area contributed by atoms with E-state index in [1.807, 2.05) is 12.1 Å². The quantitative estimate of drug-likeness (QED) is 0.710. The highest BCUT2D eigenvalue weighted by atomic mass is 35.5. The molecule has 3 rings (SSSR count). The molecule has 0 aliphatic carbocycles. The largest absolute Gasteiger partial charge is 0.417 e. The van der Waals surface area contributed by atoms with E-state index in [-0.39, 0.29) is 0 Å². The van der Waals surface area contributed by atoms with Crippen LogP contribution in [-0.2, 0) is 24.1 Å². The molecule has 28 heavy (non-hydrogen) atoms. The third-order valence-corrected chi connectivity index (χ3v) is 5.90. The van der Waals surface area contributed by atoms with E-state index < -0.39 is 34.8 Å². The highest BCUT2D eigenvalue weighted by molar-refractivity contribution is 7.16. The highest BCUT2D eigenvalue weighted by Crippen LogP contribution is 2.29. The van der Waals surface area contributed by atoms with Crippen molar-refractivity contribution >= 4 is 40.4 Å². The summed E-state index contributed by atoms with van der Waals surface area (Å²) in [6.07, 6.45) is -4.03. The van der Waals surface area contributed by atoms with Gasteiger partial charge in [-0.3, -0.25) is 14.5 Å². The maximum atomic E-state index is 12.9. The number of thiophene rings is 1. The van der Waals surface area contributed by atoms with Crippen molar-refractivity contribution in [2.24, 2.45) is 0 Å². The summed E-state index contributed by atoms with van der Waals surface area (Å²) < 4.78 is 40.2. The number of rotatable bonds is 4. The standard InChI is InChI=1S/C17H16Cl2F3N3O2S/c18-13-7-11(17(20,21)22)8-25(16(13)27)10-15(26)24-5-3-23(4-6-24)9-12-1-2-14(19)28-12/h1-2,7-8H,3-6,9-10H2. The van der Waals surface area contributed by atoms with Gasteiger partial charge in [-0.15, -0.1) is 11.3 Å². The van der Waals surface area contributed by atoms with Crippen LogP contribution in [0.1, 0.15) is 10.4 Å². The first-order chi connectivity index (χ1) is 13.1. The fraction of sp³-hybridized carbons (Fsp3) is 0.412.